The van der Waals surface area contributed by atoms with Crippen LogP contribution in [0.4, 0.5) is 11.4 Å². The second kappa shape index (κ2) is 4.65. The lowest BCUT2D eigenvalue weighted by molar-refractivity contribution is 0.274. The lowest BCUT2D eigenvalue weighted by atomic mass is 9.76. The van der Waals surface area contributed by atoms with Crippen molar-refractivity contribution in [1.29, 1.82) is 0 Å². The Hall–Kier alpha value is -1.23. The van der Waals surface area contributed by atoms with E-state index in [9.17, 15) is 8.42 Å². The summed E-state index contributed by atoms with van der Waals surface area (Å²) in [6, 6.07) is 5.45. The monoisotopic (exact) mass is 294 g/mol. The van der Waals surface area contributed by atoms with E-state index in [0.717, 1.165) is 36.7 Å². The lowest BCUT2D eigenvalue weighted by Crippen LogP contribution is -2.50. The van der Waals surface area contributed by atoms with E-state index in [1.54, 1.807) is 6.07 Å². The topological polar surface area (TPSA) is 58.2 Å². The molecule has 110 valence electrons. The molecule has 2 aliphatic rings. The number of sulfone groups is 1. The van der Waals surface area contributed by atoms with Crippen molar-refractivity contribution in [2.75, 3.05) is 23.4 Å². The summed E-state index contributed by atoms with van der Waals surface area (Å²) in [6.45, 7) is 3.11. The molecule has 0 aromatic heterocycles. The molecule has 4 nitrogen and oxygen atoms in total. The van der Waals surface area contributed by atoms with Gasteiger partial charge in [-0.05, 0) is 43.7 Å². The molecule has 0 saturated heterocycles. The van der Waals surface area contributed by atoms with Gasteiger partial charge in [-0.2, -0.15) is 0 Å². The van der Waals surface area contributed by atoms with E-state index >= 15 is 0 Å². The van der Waals surface area contributed by atoms with Gasteiger partial charge in [-0.3, -0.25) is 0 Å². The van der Waals surface area contributed by atoms with E-state index in [2.05, 4.69) is 17.6 Å². The number of benzene rings is 1. The molecule has 0 unspecified atom stereocenters. The van der Waals surface area contributed by atoms with Gasteiger partial charge in [0.2, 0.25) is 0 Å². The highest BCUT2D eigenvalue weighted by Crippen LogP contribution is 2.41. The Labute approximate surface area is 120 Å². The van der Waals surface area contributed by atoms with Crippen LogP contribution >= 0.6 is 0 Å². The maximum Gasteiger partial charge on any atom is 0.177 e. The Morgan fingerprint density at radius 1 is 1.25 bits per heavy atom. The van der Waals surface area contributed by atoms with Crippen LogP contribution in [0.3, 0.4) is 0 Å². The number of anilines is 2. The molecular weight excluding hydrogens is 272 g/mol. The van der Waals surface area contributed by atoms with Crippen LogP contribution in [0.2, 0.25) is 0 Å². The molecule has 0 atom stereocenters. The van der Waals surface area contributed by atoms with Crippen molar-refractivity contribution in [2.24, 2.45) is 5.92 Å². The molecule has 0 amide bonds. The first-order valence-electron chi connectivity index (χ1n) is 7.25. The molecule has 1 saturated carbocycles. The van der Waals surface area contributed by atoms with Crippen LogP contribution in [0.15, 0.2) is 23.1 Å². The fourth-order valence-corrected chi connectivity index (χ4v) is 4.21. The summed E-state index contributed by atoms with van der Waals surface area (Å²) < 4.78 is 23.7. The quantitative estimate of drug-likeness (QED) is 0.836. The van der Waals surface area contributed by atoms with Gasteiger partial charge in [-0.15, -0.1) is 0 Å². The molecule has 1 fully saturated rings. The number of hydrogen-bond donors (Lipinski definition) is 2. The highest BCUT2D eigenvalue weighted by atomic mass is 32.2. The molecule has 0 bridgehead atoms. The van der Waals surface area contributed by atoms with Crippen LogP contribution in [0, 0.1) is 5.92 Å². The molecule has 5 heteroatoms. The SMILES string of the molecule is CC1CCC2(CC1)CNc1c(cccc1S(C)(=O)=O)N2. The standard InChI is InChI=1S/C15H22N2O2S/c1-11-6-8-15(9-7-11)10-16-14-12(17-15)4-3-5-13(14)20(2,18)19/h3-5,11,16-17H,6-10H2,1-2H3. The first kappa shape index (κ1) is 13.7. The van der Waals surface area contributed by atoms with Crippen molar-refractivity contribution in [3.05, 3.63) is 18.2 Å². The van der Waals surface area contributed by atoms with E-state index in [1.165, 1.54) is 19.1 Å². The summed E-state index contributed by atoms with van der Waals surface area (Å²) in [7, 11) is -3.20. The van der Waals surface area contributed by atoms with Crippen LogP contribution in [-0.4, -0.2) is 26.8 Å². The van der Waals surface area contributed by atoms with Crippen molar-refractivity contribution < 1.29 is 8.42 Å². The molecule has 0 radical (unpaired) electrons. The summed E-state index contributed by atoms with van der Waals surface area (Å²) in [5, 5.41) is 6.99. The van der Waals surface area contributed by atoms with Gasteiger partial charge in [0.05, 0.1) is 21.8 Å². The highest BCUT2D eigenvalue weighted by molar-refractivity contribution is 7.90. The maximum absolute atomic E-state index is 11.8. The normalized spacial score (nSPS) is 29.4. The van der Waals surface area contributed by atoms with Gasteiger partial charge in [0.25, 0.3) is 0 Å². The van der Waals surface area contributed by atoms with Crippen molar-refractivity contribution in [3.8, 4) is 0 Å². The van der Waals surface area contributed by atoms with Gasteiger partial charge < -0.3 is 10.6 Å². The molecular formula is C15H22N2O2S. The van der Waals surface area contributed by atoms with Gasteiger partial charge in [-0.25, -0.2) is 8.42 Å². The van der Waals surface area contributed by atoms with E-state index in [4.69, 9.17) is 0 Å². The Kier molecular flexibility index (Phi) is 3.20. The molecule has 1 aromatic rings. The first-order chi connectivity index (χ1) is 9.40. The zero-order valence-corrected chi connectivity index (χ0v) is 12.9. The van der Waals surface area contributed by atoms with Gasteiger partial charge in [0.15, 0.2) is 9.84 Å². The third-order valence-electron chi connectivity index (χ3n) is 4.66. The smallest absolute Gasteiger partial charge is 0.177 e. The molecule has 1 spiro atoms. The number of hydrogen-bond acceptors (Lipinski definition) is 4. The van der Waals surface area contributed by atoms with Gasteiger partial charge in [0, 0.05) is 12.8 Å². The van der Waals surface area contributed by atoms with E-state index < -0.39 is 9.84 Å². The van der Waals surface area contributed by atoms with Crippen LogP contribution in [0.25, 0.3) is 0 Å². The molecule has 3 rings (SSSR count). The predicted octanol–water partition coefficient (Wildman–Crippen LogP) is 2.88. The molecule has 20 heavy (non-hydrogen) atoms. The second-order valence-electron chi connectivity index (χ2n) is 6.39. The molecule has 1 aromatic carbocycles. The average molecular weight is 294 g/mol. The Bertz CT molecular complexity index is 617. The Morgan fingerprint density at radius 2 is 1.95 bits per heavy atom. The molecule has 2 N–H and O–H groups in total. The van der Waals surface area contributed by atoms with E-state index in [-0.39, 0.29) is 5.54 Å². The van der Waals surface area contributed by atoms with Crippen molar-refractivity contribution >= 4 is 21.2 Å². The number of para-hydroxylation sites is 1. The minimum atomic E-state index is -3.20. The summed E-state index contributed by atoms with van der Waals surface area (Å²) in [5.74, 6) is 0.797. The van der Waals surface area contributed by atoms with Crippen LogP contribution in [-0.2, 0) is 9.84 Å². The molecule has 1 aliphatic heterocycles. The fourth-order valence-electron chi connectivity index (χ4n) is 3.33. The van der Waals surface area contributed by atoms with Gasteiger partial charge in [0.1, 0.15) is 0 Å². The largest absolute Gasteiger partial charge is 0.380 e. The van der Waals surface area contributed by atoms with Crippen molar-refractivity contribution in [3.63, 3.8) is 0 Å². The van der Waals surface area contributed by atoms with E-state index in [1.807, 2.05) is 12.1 Å². The van der Waals surface area contributed by atoms with Crippen molar-refractivity contribution in [2.45, 2.75) is 43.0 Å². The summed E-state index contributed by atoms with van der Waals surface area (Å²) in [4.78, 5) is 0.390. The third-order valence-corrected chi connectivity index (χ3v) is 5.80. The summed E-state index contributed by atoms with van der Waals surface area (Å²) in [5.41, 5.74) is 1.75. The highest BCUT2D eigenvalue weighted by Gasteiger charge is 2.37. The molecule has 1 aliphatic carbocycles. The Morgan fingerprint density at radius 3 is 2.60 bits per heavy atom. The number of rotatable bonds is 1. The van der Waals surface area contributed by atoms with Gasteiger partial charge in [-0.1, -0.05) is 13.0 Å². The third kappa shape index (κ3) is 2.39. The zero-order valence-electron chi connectivity index (χ0n) is 12.1. The van der Waals surface area contributed by atoms with Crippen LogP contribution in [0.5, 0.6) is 0 Å². The maximum atomic E-state index is 11.8. The predicted molar refractivity (Wildman–Crippen MR) is 82.0 cm³/mol. The first-order valence-corrected chi connectivity index (χ1v) is 9.14. The summed E-state index contributed by atoms with van der Waals surface area (Å²) >= 11 is 0. The average Bonchev–Trinajstić information content (AvgIpc) is 2.40. The lowest BCUT2D eigenvalue weighted by Gasteiger charge is -2.45. The number of nitrogens with one attached hydrogen (secondary N) is 2. The zero-order chi connectivity index (χ0) is 14.4. The number of fused-ring (bicyclic) bond motifs is 1. The molecule has 1 heterocycles. The van der Waals surface area contributed by atoms with E-state index in [0.29, 0.717) is 4.90 Å². The van der Waals surface area contributed by atoms with Gasteiger partial charge >= 0.3 is 0 Å². The Balaban J connectivity index is 1.93. The van der Waals surface area contributed by atoms with Crippen molar-refractivity contribution in [1.82, 2.24) is 0 Å². The second-order valence-corrected chi connectivity index (χ2v) is 8.38. The van der Waals surface area contributed by atoms with Crippen LogP contribution < -0.4 is 10.6 Å². The van der Waals surface area contributed by atoms with Crippen LogP contribution in [0.1, 0.15) is 32.6 Å². The minimum Gasteiger partial charge on any atom is -0.380 e. The fraction of sp³-hybridized carbons (Fsp3) is 0.600. The summed E-state index contributed by atoms with van der Waals surface area (Å²) in [6.07, 6.45) is 6.01. The minimum absolute atomic E-state index is 0.0929.